The first-order valence-corrected chi connectivity index (χ1v) is 4.83. The van der Waals surface area contributed by atoms with Gasteiger partial charge in [0.05, 0.1) is 6.20 Å². The number of aromatic nitrogens is 2. The Morgan fingerprint density at radius 1 is 1.12 bits per heavy atom. The zero-order valence-corrected chi connectivity index (χ0v) is 8.81. The van der Waals surface area contributed by atoms with Gasteiger partial charge in [-0.2, -0.15) is 5.10 Å². The van der Waals surface area contributed by atoms with E-state index >= 15 is 0 Å². The summed E-state index contributed by atoms with van der Waals surface area (Å²) < 4.78 is 0. The largest absolute Gasteiger partial charge is 0.366 e. The Hall–Kier alpha value is -2.63. The number of nitrogens with zero attached hydrogens (tertiary/aromatic N) is 1. The maximum atomic E-state index is 11.3. The van der Waals surface area contributed by atoms with Crippen LogP contribution in [-0.2, 0) is 0 Å². The van der Waals surface area contributed by atoms with Crippen molar-refractivity contribution in [3.05, 3.63) is 41.7 Å². The third-order valence-electron chi connectivity index (χ3n) is 2.38. The first-order valence-electron chi connectivity index (χ1n) is 4.83. The molecule has 17 heavy (non-hydrogen) atoms. The molecule has 0 bridgehead atoms. The van der Waals surface area contributed by atoms with Gasteiger partial charge in [-0.25, -0.2) is 0 Å². The van der Waals surface area contributed by atoms with E-state index in [1.165, 1.54) is 18.3 Å². The highest BCUT2D eigenvalue weighted by atomic mass is 16.1. The van der Waals surface area contributed by atoms with Gasteiger partial charge in [-0.3, -0.25) is 14.7 Å². The number of amides is 2. The quantitative estimate of drug-likeness (QED) is 0.703. The van der Waals surface area contributed by atoms with Crippen LogP contribution in [0.3, 0.4) is 0 Å². The van der Waals surface area contributed by atoms with Gasteiger partial charge in [0.2, 0.25) is 11.8 Å². The molecule has 86 valence electrons. The zero-order chi connectivity index (χ0) is 12.4. The van der Waals surface area contributed by atoms with Crippen molar-refractivity contribution >= 4 is 11.8 Å². The number of carbonyl (C=O) groups excluding carboxylic acids is 2. The molecule has 0 aliphatic carbocycles. The predicted molar refractivity (Wildman–Crippen MR) is 61.1 cm³/mol. The third-order valence-corrected chi connectivity index (χ3v) is 2.38. The number of hydrogen-bond donors (Lipinski definition) is 3. The molecule has 6 nitrogen and oxygen atoms in total. The van der Waals surface area contributed by atoms with Gasteiger partial charge in [0.15, 0.2) is 0 Å². The van der Waals surface area contributed by atoms with Gasteiger partial charge in [0.25, 0.3) is 0 Å². The van der Waals surface area contributed by atoms with Crippen LogP contribution < -0.4 is 11.5 Å². The molecule has 2 rings (SSSR count). The zero-order valence-electron chi connectivity index (χ0n) is 8.81. The smallest absolute Gasteiger partial charge is 0.249 e. The average Bonchev–Trinajstić information content (AvgIpc) is 2.80. The number of carbonyl (C=O) groups is 2. The van der Waals surface area contributed by atoms with Gasteiger partial charge in [0, 0.05) is 28.5 Å². The molecule has 5 N–H and O–H groups in total. The normalized spacial score (nSPS) is 10.1. The highest BCUT2D eigenvalue weighted by molar-refractivity contribution is 6.08. The molecule has 0 spiro atoms. The minimum Gasteiger partial charge on any atom is -0.366 e. The molecular formula is C11H10N4O2. The number of aromatic amines is 1. The lowest BCUT2D eigenvalue weighted by molar-refractivity contribution is 0.0999. The van der Waals surface area contributed by atoms with E-state index in [1.54, 1.807) is 12.3 Å². The van der Waals surface area contributed by atoms with Crippen LogP contribution in [0.4, 0.5) is 0 Å². The van der Waals surface area contributed by atoms with Gasteiger partial charge >= 0.3 is 0 Å². The predicted octanol–water partition coefficient (Wildman–Crippen LogP) is 0.274. The Bertz CT molecular complexity index is 543. The van der Waals surface area contributed by atoms with Crippen molar-refractivity contribution < 1.29 is 9.59 Å². The SMILES string of the molecule is NC(=O)c1cccc(C(N)=O)c1-c1cn[nH]c1. The van der Waals surface area contributed by atoms with E-state index in [9.17, 15) is 9.59 Å². The number of hydrogen-bond acceptors (Lipinski definition) is 3. The molecule has 1 aromatic carbocycles. The van der Waals surface area contributed by atoms with E-state index in [2.05, 4.69) is 10.2 Å². The summed E-state index contributed by atoms with van der Waals surface area (Å²) in [6, 6.07) is 4.64. The van der Waals surface area contributed by atoms with Gasteiger partial charge < -0.3 is 11.5 Å². The number of benzene rings is 1. The minimum absolute atomic E-state index is 0.239. The van der Waals surface area contributed by atoms with Crippen LogP contribution in [0.1, 0.15) is 20.7 Å². The van der Waals surface area contributed by atoms with Gasteiger partial charge in [-0.05, 0) is 12.1 Å². The van der Waals surface area contributed by atoms with Gasteiger partial charge in [-0.1, -0.05) is 6.07 Å². The Morgan fingerprint density at radius 2 is 1.71 bits per heavy atom. The number of primary amides is 2. The Morgan fingerprint density at radius 3 is 2.12 bits per heavy atom. The summed E-state index contributed by atoms with van der Waals surface area (Å²) in [4.78, 5) is 22.7. The summed E-state index contributed by atoms with van der Waals surface area (Å²) >= 11 is 0. The van der Waals surface area contributed by atoms with Crippen molar-refractivity contribution in [2.24, 2.45) is 11.5 Å². The van der Waals surface area contributed by atoms with Crippen molar-refractivity contribution in [3.8, 4) is 11.1 Å². The molecule has 6 heteroatoms. The Labute approximate surface area is 96.6 Å². The third kappa shape index (κ3) is 1.87. The van der Waals surface area contributed by atoms with Crippen LogP contribution in [-0.4, -0.2) is 22.0 Å². The lowest BCUT2D eigenvalue weighted by atomic mass is 9.95. The van der Waals surface area contributed by atoms with E-state index in [4.69, 9.17) is 11.5 Å². The Kier molecular flexibility index (Phi) is 2.61. The van der Waals surface area contributed by atoms with Crippen LogP contribution in [0.15, 0.2) is 30.6 Å². The maximum absolute atomic E-state index is 11.3. The maximum Gasteiger partial charge on any atom is 0.249 e. The fraction of sp³-hybridized carbons (Fsp3) is 0. The van der Waals surface area contributed by atoms with Crippen molar-refractivity contribution in [1.29, 1.82) is 0 Å². The molecular weight excluding hydrogens is 220 g/mol. The van der Waals surface area contributed by atoms with Crippen LogP contribution in [0.2, 0.25) is 0 Å². The lowest BCUT2D eigenvalue weighted by Crippen LogP contribution is -2.17. The number of nitrogens with two attached hydrogens (primary N) is 2. The Balaban J connectivity index is 2.76. The van der Waals surface area contributed by atoms with Crippen molar-refractivity contribution in [3.63, 3.8) is 0 Å². The molecule has 2 aromatic rings. The van der Waals surface area contributed by atoms with Crippen LogP contribution in [0, 0.1) is 0 Å². The highest BCUT2D eigenvalue weighted by Gasteiger charge is 2.17. The molecule has 0 fully saturated rings. The molecule has 2 amide bonds. The second kappa shape index (κ2) is 4.09. The summed E-state index contributed by atoms with van der Waals surface area (Å²) in [6.45, 7) is 0. The van der Waals surface area contributed by atoms with Crippen LogP contribution in [0.5, 0.6) is 0 Å². The summed E-state index contributed by atoms with van der Waals surface area (Å²) in [5.41, 5.74) is 12.0. The molecule has 0 radical (unpaired) electrons. The molecule has 0 aliphatic heterocycles. The van der Waals surface area contributed by atoms with E-state index in [-0.39, 0.29) is 11.1 Å². The van der Waals surface area contributed by atoms with Gasteiger partial charge in [0.1, 0.15) is 0 Å². The minimum atomic E-state index is -0.621. The average molecular weight is 230 g/mol. The van der Waals surface area contributed by atoms with Crippen LogP contribution >= 0.6 is 0 Å². The van der Waals surface area contributed by atoms with Crippen molar-refractivity contribution in [1.82, 2.24) is 10.2 Å². The molecule has 0 aliphatic rings. The van der Waals surface area contributed by atoms with Crippen molar-refractivity contribution in [2.45, 2.75) is 0 Å². The molecule has 1 heterocycles. The number of nitrogens with one attached hydrogen (secondary N) is 1. The molecule has 0 unspecified atom stereocenters. The monoisotopic (exact) mass is 230 g/mol. The number of H-pyrrole nitrogens is 1. The standard InChI is InChI=1S/C11H10N4O2/c12-10(16)7-2-1-3-8(11(13)17)9(7)6-4-14-15-5-6/h1-5H,(H2,12,16)(H2,13,17)(H,14,15). The van der Waals surface area contributed by atoms with E-state index in [0.717, 1.165) is 0 Å². The summed E-state index contributed by atoms with van der Waals surface area (Å²) in [5.74, 6) is -1.24. The van der Waals surface area contributed by atoms with E-state index < -0.39 is 11.8 Å². The lowest BCUT2D eigenvalue weighted by Gasteiger charge is -2.08. The second-order valence-corrected chi connectivity index (χ2v) is 3.44. The highest BCUT2D eigenvalue weighted by Crippen LogP contribution is 2.26. The summed E-state index contributed by atoms with van der Waals surface area (Å²) in [5, 5.41) is 6.38. The van der Waals surface area contributed by atoms with Crippen molar-refractivity contribution in [2.75, 3.05) is 0 Å². The fourth-order valence-electron chi connectivity index (χ4n) is 1.66. The first kappa shape index (κ1) is 10.9. The summed E-state index contributed by atoms with van der Waals surface area (Å²) in [7, 11) is 0. The molecule has 0 saturated heterocycles. The molecule has 1 aromatic heterocycles. The van der Waals surface area contributed by atoms with E-state index in [0.29, 0.717) is 11.1 Å². The topological polar surface area (TPSA) is 115 Å². The van der Waals surface area contributed by atoms with Gasteiger partial charge in [-0.15, -0.1) is 0 Å². The van der Waals surface area contributed by atoms with Crippen LogP contribution in [0.25, 0.3) is 11.1 Å². The molecule has 0 atom stereocenters. The first-order chi connectivity index (χ1) is 8.11. The molecule has 0 saturated carbocycles. The second-order valence-electron chi connectivity index (χ2n) is 3.44. The summed E-state index contributed by atoms with van der Waals surface area (Å²) in [6.07, 6.45) is 3.06. The fourth-order valence-corrected chi connectivity index (χ4v) is 1.66. The van der Waals surface area contributed by atoms with E-state index in [1.807, 2.05) is 0 Å². The number of rotatable bonds is 3.